The minimum Gasteiger partial charge on any atom is -0.467 e. The van der Waals surface area contributed by atoms with Crippen molar-refractivity contribution < 1.29 is 32.6 Å². The second kappa shape index (κ2) is 7.01. The molecular weight excluding hydrogens is 441 g/mol. The lowest BCUT2D eigenvalue weighted by Gasteiger charge is -2.30. The van der Waals surface area contributed by atoms with Crippen LogP contribution in [0.2, 0.25) is 0 Å². The molecule has 0 aliphatic heterocycles. The fourth-order valence-electron chi connectivity index (χ4n) is 1.45. The van der Waals surface area contributed by atoms with Crippen molar-refractivity contribution in [2.75, 3.05) is 12.4 Å². The first kappa shape index (κ1) is 19.0. The van der Waals surface area contributed by atoms with Crippen molar-refractivity contribution in [3.8, 4) is 0 Å². The summed E-state index contributed by atoms with van der Waals surface area (Å²) in [6.07, 6.45) is -5.49. The third-order valence-electron chi connectivity index (χ3n) is 2.64. The van der Waals surface area contributed by atoms with E-state index in [0.29, 0.717) is 7.11 Å². The van der Waals surface area contributed by atoms with Gasteiger partial charge in [0.2, 0.25) is 5.91 Å². The summed E-state index contributed by atoms with van der Waals surface area (Å²) < 4.78 is 43.5. The number of methoxy groups -OCH3 is 1. The van der Waals surface area contributed by atoms with Gasteiger partial charge in [0.25, 0.3) is 5.60 Å². The molecule has 0 aliphatic carbocycles. The number of anilines is 1. The number of rotatable bonds is 4. The van der Waals surface area contributed by atoms with Crippen LogP contribution in [0.4, 0.5) is 18.9 Å². The molecule has 5 nitrogen and oxygen atoms in total. The monoisotopic (exact) mass is 451 g/mol. The van der Waals surface area contributed by atoms with Crippen LogP contribution in [0.1, 0.15) is 0 Å². The number of ether oxygens (including phenoxy) is 1. The molecule has 1 amide bonds. The van der Waals surface area contributed by atoms with E-state index in [1.54, 1.807) is 12.1 Å². The molecule has 1 aromatic carbocycles. The first-order valence-electron chi connectivity index (χ1n) is 5.62. The minimum absolute atomic E-state index is 0.158. The molecule has 0 heterocycles. The van der Waals surface area contributed by atoms with Gasteiger partial charge in [-0.15, -0.1) is 11.6 Å². The van der Waals surface area contributed by atoms with Gasteiger partial charge in [-0.1, -0.05) is 0 Å². The summed E-state index contributed by atoms with van der Waals surface area (Å²) in [5, 5.41) is 9.04. The van der Waals surface area contributed by atoms with Gasteiger partial charge in [-0.25, -0.2) is 4.79 Å². The van der Waals surface area contributed by atoms with Gasteiger partial charge in [-0.3, -0.25) is 4.79 Å². The number of benzene rings is 1. The molecule has 0 fully saturated rings. The molecular formula is C12H10ClF3INO4. The summed E-state index contributed by atoms with van der Waals surface area (Å²) in [5.41, 5.74) is -4.00. The van der Waals surface area contributed by atoms with E-state index < -0.39 is 29.0 Å². The molecule has 2 atom stereocenters. The lowest BCUT2D eigenvalue weighted by Crippen LogP contribution is -2.62. The number of amides is 1. The Bertz CT molecular complexity index is 566. The molecule has 1 aromatic rings. The van der Waals surface area contributed by atoms with Gasteiger partial charge in [0, 0.05) is 9.26 Å². The predicted molar refractivity (Wildman–Crippen MR) is 80.5 cm³/mol. The molecule has 22 heavy (non-hydrogen) atoms. The minimum atomic E-state index is -5.49. The Morgan fingerprint density at radius 2 is 1.82 bits per heavy atom. The zero-order valence-electron chi connectivity index (χ0n) is 10.9. The predicted octanol–water partition coefficient (Wildman–Crippen LogP) is 2.30. The van der Waals surface area contributed by atoms with Crippen LogP contribution in [0.15, 0.2) is 24.3 Å². The van der Waals surface area contributed by atoms with E-state index in [1.807, 2.05) is 22.6 Å². The SMILES string of the molecule is COC(=O)C(O)(C(Cl)C(=O)Nc1ccc(I)cc1)C(F)(F)F. The van der Waals surface area contributed by atoms with Crippen LogP contribution in [-0.2, 0) is 14.3 Å². The third-order valence-corrected chi connectivity index (χ3v) is 3.87. The van der Waals surface area contributed by atoms with Crippen molar-refractivity contribution in [3.05, 3.63) is 27.8 Å². The maximum Gasteiger partial charge on any atom is 0.430 e. The van der Waals surface area contributed by atoms with Crippen LogP contribution >= 0.6 is 34.2 Å². The van der Waals surface area contributed by atoms with Crippen molar-refractivity contribution in [1.29, 1.82) is 0 Å². The van der Waals surface area contributed by atoms with Gasteiger partial charge < -0.3 is 15.2 Å². The maximum atomic E-state index is 12.9. The molecule has 0 aromatic heterocycles. The topological polar surface area (TPSA) is 75.6 Å². The first-order valence-corrected chi connectivity index (χ1v) is 7.13. The number of hydrogen-bond donors (Lipinski definition) is 2. The number of carbonyl (C=O) groups excluding carboxylic acids is 2. The molecule has 2 unspecified atom stereocenters. The van der Waals surface area contributed by atoms with Crippen molar-refractivity contribution in [3.63, 3.8) is 0 Å². The summed E-state index contributed by atoms with van der Waals surface area (Å²) in [5.74, 6) is -3.47. The molecule has 0 radical (unpaired) electrons. The van der Waals surface area contributed by atoms with E-state index >= 15 is 0 Å². The molecule has 0 saturated carbocycles. The highest BCUT2D eigenvalue weighted by Crippen LogP contribution is 2.37. The number of carbonyl (C=O) groups is 2. The second-order valence-electron chi connectivity index (χ2n) is 4.11. The Morgan fingerprint density at radius 3 is 2.23 bits per heavy atom. The smallest absolute Gasteiger partial charge is 0.430 e. The third kappa shape index (κ3) is 3.82. The van der Waals surface area contributed by atoms with E-state index in [9.17, 15) is 27.9 Å². The summed E-state index contributed by atoms with van der Waals surface area (Å²) in [4.78, 5) is 23.1. The van der Waals surface area contributed by atoms with Crippen molar-refractivity contribution in [2.45, 2.75) is 17.2 Å². The number of alkyl halides is 4. The Hall–Kier alpha value is -1.07. The average molecular weight is 452 g/mol. The molecule has 1 rings (SSSR count). The van der Waals surface area contributed by atoms with Crippen molar-refractivity contribution in [2.24, 2.45) is 0 Å². The van der Waals surface area contributed by atoms with Gasteiger partial charge in [-0.05, 0) is 46.9 Å². The summed E-state index contributed by atoms with van der Waals surface area (Å²) >= 11 is 7.39. The normalized spacial score (nSPS) is 15.6. The van der Waals surface area contributed by atoms with E-state index in [-0.39, 0.29) is 5.69 Å². The molecule has 122 valence electrons. The van der Waals surface area contributed by atoms with Crippen LogP contribution in [0.3, 0.4) is 0 Å². The zero-order valence-corrected chi connectivity index (χ0v) is 13.9. The van der Waals surface area contributed by atoms with Crippen LogP contribution in [0.5, 0.6) is 0 Å². The Labute approximate surface area is 141 Å². The molecule has 0 bridgehead atoms. The van der Waals surface area contributed by atoms with E-state index in [0.717, 1.165) is 3.57 Å². The van der Waals surface area contributed by atoms with Crippen molar-refractivity contribution >= 4 is 51.8 Å². The fourth-order valence-corrected chi connectivity index (χ4v) is 2.07. The highest BCUT2D eigenvalue weighted by atomic mass is 127. The number of halogens is 5. The number of esters is 1. The van der Waals surface area contributed by atoms with E-state index in [1.165, 1.54) is 12.1 Å². The van der Waals surface area contributed by atoms with E-state index in [4.69, 9.17) is 11.6 Å². The number of aliphatic hydroxyl groups is 1. The van der Waals surface area contributed by atoms with Gasteiger partial charge in [0.1, 0.15) is 0 Å². The standard InChI is InChI=1S/C12H10ClF3INO4/c1-22-10(20)11(21,12(14,15)16)8(13)9(19)18-7-4-2-6(17)3-5-7/h2-5,8,21H,1H3,(H,18,19). The van der Waals surface area contributed by atoms with Gasteiger partial charge in [-0.2, -0.15) is 13.2 Å². The number of nitrogens with one attached hydrogen (secondary N) is 1. The Kier molecular flexibility index (Phi) is 6.04. The van der Waals surface area contributed by atoms with E-state index in [2.05, 4.69) is 10.1 Å². The fraction of sp³-hybridized carbons (Fsp3) is 0.333. The zero-order chi connectivity index (χ0) is 17.1. The second-order valence-corrected chi connectivity index (χ2v) is 5.80. The Morgan fingerprint density at radius 1 is 1.32 bits per heavy atom. The highest BCUT2D eigenvalue weighted by Gasteiger charge is 2.67. The largest absolute Gasteiger partial charge is 0.467 e. The summed E-state index contributed by atoms with van der Waals surface area (Å²) in [6, 6.07) is 6.04. The van der Waals surface area contributed by atoms with Gasteiger partial charge >= 0.3 is 12.1 Å². The van der Waals surface area contributed by atoms with Gasteiger partial charge in [0.05, 0.1) is 7.11 Å². The molecule has 2 N–H and O–H groups in total. The van der Waals surface area contributed by atoms with Crippen molar-refractivity contribution in [1.82, 2.24) is 0 Å². The quantitative estimate of drug-likeness (QED) is 0.419. The Balaban J connectivity index is 3.04. The first-order chi connectivity index (χ1) is 10.0. The molecule has 0 aliphatic rings. The van der Waals surface area contributed by atoms with Crippen LogP contribution in [0, 0.1) is 3.57 Å². The highest BCUT2D eigenvalue weighted by molar-refractivity contribution is 14.1. The summed E-state index contributed by atoms with van der Waals surface area (Å²) in [7, 11) is 0.639. The van der Waals surface area contributed by atoms with Crippen LogP contribution < -0.4 is 5.32 Å². The lowest BCUT2D eigenvalue weighted by atomic mass is 9.98. The van der Waals surface area contributed by atoms with Crippen LogP contribution in [-0.4, -0.2) is 41.2 Å². The molecule has 10 heteroatoms. The average Bonchev–Trinajstić information content (AvgIpc) is 2.45. The molecule has 0 saturated heterocycles. The van der Waals surface area contributed by atoms with Gasteiger partial charge in [0.15, 0.2) is 5.38 Å². The molecule has 0 spiro atoms. The van der Waals surface area contributed by atoms with Crippen LogP contribution in [0.25, 0.3) is 0 Å². The lowest BCUT2D eigenvalue weighted by molar-refractivity contribution is -0.260. The number of hydrogen-bond acceptors (Lipinski definition) is 4. The summed E-state index contributed by atoms with van der Waals surface area (Å²) in [6.45, 7) is 0. The maximum absolute atomic E-state index is 12.9.